The molecule has 1 unspecified atom stereocenters. The molecule has 0 amide bonds. The Morgan fingerprint density at radius 1 is 1.09 bits per heavy atom. The van der Waals surface area contributed by atoms with Gasteiger partial charge in [-0.25, -0.2) is 0 Å². The summed E-state index contributed by atoms with van der Waals surface area (Å²) in [5.41, 5.74) is 0. The van der Waals surface area contributed by atoms with Gasteiger partial charge in [0.15, 0.2) is 5.96 Å². The van der Waals surface area contributed by atoms with Crippen molar-refractivity contribution in [2.45, 2.75) is 63.9 Å². The molecule has 0 aromatic carbocycles. The lowest BCUT2D eigenvalue weighted by molar-refractivity contribution is 0.0168. The molecule has 23 heavy (non-hydrogen) atoms. The van der Waals surface area contributed by atoms with Crippen LogP contribution in [0.15, 0.2) is 4.99 Å². The first-order chi connectivity index (χ1) is 11.4. The SMILES string of the molecule is CN=C(NCCCOCC1CCCO1)NCCCC1CCCC1. The normalized spacial score (nSPS) is 22.7. The number of guanidine groups is 1. The van der Waals surface area contributed by atoms with Crippen LogP contribution >= 0.6 is 0 Å². The highest BCUT2D eigenvalue weighted by Gasteiger charge is 2.15. The average molecular weight is 325 g/mol. The predicted molar refractivity (Wildman–Crippen MR) is 95.0 cm³/mol. The molecule has 0 bridgehead atoms. The van der Waals surface area contributed by atoms with Crippen LogP contribution in [0.2, 0.25) is 0 Å². The third-order valence-corrected chi connectivity index (χ3v) is 4.87. The largest absolute Gasteiger partial charge is 0.379 e. The van der Waals surface area contributed by atoms with Crippen molar-refractivity contribution in [1.82, 2.24) is 10.6 Å². The van der Waals surface area contributed by atoms with Crippen molar-refractivity contribution >= 4 is 5.96 Å². The minimum absolute atomic E-state index is 0.331. The van der Waals surface area contributed by atoms with Crippen LogP contribution in [-0.2, 0) is 9.47 Å². The van der Waals surface area contributed by atoms with E-state index in [0.717, 1.165) is 57.6 Å². The van der Waals surface area contributed by atoms with Crippen molar-refractivity contribution < 1.29 is 9.47 Å². The maximum Gasteiger partial charge on any atom is 0.190 e. The lowest BCUT2D eigenvalue weighted by atomic mass is 10.0. The summed E-state index contributed by atoms with van der Waals surface area (Å²) in [5, 5.41) is 6.76. The van der Waals surface area contributed by atoms with Gasteiger partial charge in [0.2, 0.25) is 0 Å². The molecule has 5 heteroatoms. The second kappa shape index (κ2) is 11.7. The summed E-state index contributed by atoms with van der Waals surface area (Å²) >= 11 is 0. The van der Waals surface area contributed by atoms with E-state index in [2.05, 4.69) is 15.6 Å². The van der Waals surface area contributed by atoms with Gasteiger partial charge in [0, 0.05) is 33.4 Å². The summed E-state index contributed by atoms with van der Waals surface area (Å²) in [5.74, 6) is 1.89. The summed E-state index contributed by atoms with van der Waals surface area (Å²) in [6, 6.07) is 0. The van der Waals surface area contributed by atoms with Crippen molar-refractivity contribution in [1.29, 1.82) is 0 Å². The van der Waals surface area contributed by atoms with E-state index in [-0.39, 0.29) is 0 Å². The number of aliphatic imine (C=N–C) groups is 1. The molecule has 2 aliphatic rings. The molecule has 1 aliphatic carbocycles. The van der Waals surface area contributed by atoms with Crippen LogP contribution in [0, 0.1) is 5.92 Å². The van der Waals surface area contributed by atoms with E-state index < -0.39 is 0 Å². The molecule has 2 N–H and O–H groups in total. The van der Waals surface area contributed by atoms with Crippen LogP contribution in [0.3, 0.4) is 0 Å². The Labute approximate surface area is 141 Å². The molecular formula is C18H35N3O2. The van der Waals surface area contributed by atoms with E-state index >= 15 is 0 Å². The number of nitrogens with zero attached hydrogens (tertiary/aromatic N) is 1. The standard InChI is InChI=1S/C18H35N3O2/c1-19-18(20-11-4-9-16-7-2-3-8-16)21-12-6-13-22-15-17-10-5-14-23-17/h16-17H,2-15H2,1H3,(H2,19,20,21). The van der Waals surface area contributed by atoms with Crippen LogP contribution in [0.25, 0.3) is 0 Å². The zero-order valence-corrected chi connectivity index (χ0v) is 14.8. The van der Waals surface area contributed by atoms with Crippen molar-refractivity contribution in [3.8, 4) is 0 Å². The molecular weight excluding hydrogens is 290 g/mol. The Morgan fingerprint density at radius 2 is 1.87 bits per heavy atom. The fraction of sp³-hybridized carbons (Fsp3) is 0.944. The average Bonchev–Trinajstić information content (AvgIpc) is 3.26. The fourth-order valence-electron chi connectivity index (χ4n) is 3.49. The van der Waals surface area contributed by atoms with Crippen molar-refractivity contribution in [3.05, 3.63) is 0 Å². The Kier molecular flexibility index (Phi) is 9.41. The molecule has 1 atom stereocenters. The second-order valence-corrected chi connectivity index (χ2v) is 6.78. The van der Waals surface area contributed by atoms with Crippen LogP contribution in [0.5, 0.6) is 0 Å². The quantitative estimate of drug-likeness (QED) is 0.368. The third-order valence-electron chi connectivity index (χ3n) is 4.87. The molecule has 1 heterocycles. The molecule has 0 radical (unpaired) electrons. The van der Waals surface area contributed by atoms with Gasteiger partial charge in [0.1, 0.15) is 0 Å². The Morgan fingerprint density at radius 3 is 2.57 bits per heavy atom. The van der Waals surface area contributed by atoms with Gasteiger partial charge in [-0.05, 0) is 38.0 Å². The summed E-state index contributed by atoms with van der Waals surface area (Å²) in [6.45, 7) is 4.34. The number of nitrogens with one attached hydrogen (secondary N) is 2. The van der Waals surface area contributed by atoms with Gasteiger partial charge in [-0.1, -0.05) is 25.7 Å². The summed E-state index contributed by atoms with van der Waals surface area (Å²) < 4.78 is 11.2. The maximum absolute atomic E-state index is 5.66. The molecule has 5 nitrogen and oxygen atoms in total. The Hall–Kier alpha value is -0.810. The smallest absolute Gasteiger partial charge is 0.190 e. The molecule has 2 fully saturated rings. The number of ether oxygens (including phenoxy) is 2. The first-order valence-corrected chi connectivity index (χ1v) is 9.52. The minimum Gasteiger partial charge on any atom is -0.379 e. The first-order valence-electron chi connectivity index (χ1n) is 9.52. The van der Waals surface area contributed by atoms with E-state index in [1.165, 1.54) is 44.9 Å². The zero-order chi connectivity index (χ0) is 16.2. The van der Waals surface area contributed by atoms with Gasteiger partial charge in [-0.2, -0.15) is 0 Å². The van der Waals surface area contributed by atoms with Gasteiger partial charge in [0.25, 0.3) is 0 Å². The number of hydrogen-bond acceptors (Lipinski definition) is 3. The van der Waals surface area contributed by atoms with Crippen molar-refractivity contribution in [2.75, 3.05) is 40.0 Å². The van der Waals surface area contributed by atoms with Crippen molar-refractivity contribution in [3.63, 3.8) is 0 Å². The molecule has 2 rings (SSSR count). The fourth-order valence-corrected chi connectivity index (χ4v) is 3.49. The van der Waals surface area contributed by atoms with Gasteiger partial charge < -0.3 is 20.1 Å². The molecule has 1 saturated heterocycles. The van der Waals surface area contributed by atoms with Crippen LogP contribution in [0.1, 0.15) is 57.8 Å². The van der Waals surface area contributed by atoms with E-state index in [0.29, 0.717) is 6.10 Å². The highest BCUT2D eigenvalue weighted by Crippen LogP contribution is 2.28. The van der Waals surface area contributed by atoms with Gasteiger partial charge >= 0.3 is 0 Å². The maximum atomic E-state index is 5.66. The van der Waals surface area contributed by atoms with Gasteiger partial charge in [0.05, 0.1) is 12.7 Å². The van der Waals surface area contributed by atoms with Gasteiger partial charge in [-0.15, -0.1) is 0 Å². The van der Waals surface area contributed by atoms with Crippen LogP contribution in [0.4, 0.5) is 0 Å². The lowest BCUT2D eigenvalue weighted by Gasteiger charge is -2.14. The summed E-state index contributed by atoms with van der Waals surface area (Å²) in [7, 11) is 1.83. The monoisotopic (exact) mass is 325 g/mol. The molecule has 1 aliphatic heterocycles. The second-order valence-electron chi connectivity index (χ2n) is 6.78. The molecule has 0 aromatic rings. The minimum atomic E-state index is 0.331. The van der Waals surface area contributed by atoms with E-state index in [1.54, 1.807) is 0 Å². The molecule has 0 spiro atoms. The summed E-state index contributed by atoms with van der Waals surface area (Å²) in [4.78, 5) is 4.27. The number of rotatable bonds is 10. The van der Waals surface area contributed by atoms with Crippen molar-refractivity contribution in [2.24, 2.45) is 10.9 Å². The molecule has 1 saturated carbocycles. The van der Waals surface area contributed by atoms with E-state index in [9.17, 15) is 0 Å². The van der Waals surface area contributed by atoms with Gasteiger partial charge in [-0.3, -0.25) is 4.99 Å². The zero-order valence-electron chi connectivity index (χ0n) is 14.8. The van der Waals surface area contributed by atoms with Crippen LogP contribution in [-0.4, -0.2) is 52.0 Å². The van der Waals surface area contributed by atoms with Crippen LogP contribution < -0.4 is 10.6 Å². The highest BCUT2D eigenvalue weighted by molar-refractivity contribution is 5.79. The predicted octanol–water partition coefficient (Wildman–Crippen LogP) is 2.71. The highest BCUT2D eigenvalue weighted by atomic mass is 16.5. The molecule has 0 aromatic heterocycles. The Balaban J connectivity index is 1.40. The number of hydrogen-bond donors (Lipinski definition) is 2. The third kappa shape index (κ3) is 8.02. The molecule has 134 valence electrons. The summed E-state index contributed by atoms with van der Waals surface area (Å²) in [6.07, 6.45) is 12.0. The van der Waals surface area contributed by atoms with E-state index in [1.807, 2.05) is 7.05 Å². The topological polar surface area (TPSA) is 54.9 Å². The first kappa shape index (κ1) is 18.5. The van der Waals surface area contributed by atoms with E-state index in [4.69, 9.17) is 9.47 Å². The lowest BCUT2D eigenvalue weighted by Crippen LogP contribution is -2.38. The Bertz CT molecular complexity index is 324.